The number of halogens is 1. The molecular formula is C21H21FN4O2. The molecule has 0 aliphatic carbocycles. The second kappa shape index (κ2) is 7.72. The van der Waals surface area contributed by atoms with E-state index in [-0.39, 0.29) is 29.0 Å². The van der Waals surface area contributed by atoms with Gasteiger partial charge in [0.2, 0.25) is 0 Å². The Morgan fingerprint density at radius 1 is 1.11 bits per heavy atom. The summed E-state index contributed by atoms with van der Waals surface area (Å²) >= 11 is 0. The first-order chi connectivity index (χ1) is 13.6. The number of nitrogens with zero attached hydrogens (tertiary/aromatic N) is 2. The summed E-state index contributed by atoms with van der Waals surface area (Å²) < 4.78 is 14.4. The van der Waals surface area contributed by atoms with Gasteiger partial charge in [-0.25, -0.2) is 9.07 Å². The van der Waals surface area contributed by atoms with Crippen molar-refractivity contribution in [3.63, 3.8) is 0 Å². The fraction of sp³-hybridized carbons (Fsp3) is 0.238. The molecule has 1 aliphatic heterocycles. The third-order valence-corrected chi connectivity index (χ3v) is 4.89. The Hall–Kier alpha value is -3.35. The maximum Gasteiger partial charge on any atom is 0.272 e. The number of rotatable bonds is 4. The molecular weight excluding hydrogens is 359 g/mol. The highest BCUT2D eigenvalue weighted by Crippen LogP contribution is 2.18. The van der Waals surface area contributed by atoms with Gasteiger partial charge in [-0.2, -0.15) is 0 Å². The van der Waals surface area contributed by atoms with E-state index in [1.54, 1.807) is 29.2 Å². The van der Waals surface area contributed by atoms with Crippen molar-refractivity contribution in [2.45, 2.75) is 18.9 Å². The van der Waals surface area contributed by atoms with Crippen molar-refractivity contribution >= 4 is 11.6 Å². The number of aromatic amines is 1. The molecule has 2 aromatic carbocycles. The number of likely N-dealkylation sites (tertiary alicyclic amines) is 1. The van der Waals surface area contributed by atoms with E-state index in [0.717, 1.165) is 18.5 Å². The van der Waals surface area contributed by atoms with E-state index in [9.17, 15) is 14.0 Å². The highest BCUT2D eigenvalue weighted by atomic mass is 19.1. The quantitative estimate of drug-likeness (QED) is 0.731. The SMILES string of the molecule is O=C(c1cc(=O)n(-c2ccccc2)[nH]1)N1CCC[C@H](Nc2ccc(F)cc2)C1. The zero-order valence-electron chi connectivity index (χ0n) is 15.3. The predicted octanol–water partition coefficient (Wildman–Crippen LogP) is 3.02. The maximum absolute atomic E-state index is 13.1. The van der Waals surface area contributed by atoms with Gasteiger partial charge in [0, 0.05) is 30.9 Å². The first kappa shape index (κ1) is 18.0. The smallest absolute Gasteiger partial charge is 0.272 e. The molecule has 4 rings (SSSR count). The minimum atomic E-state index is -0.280. The van der Waals surface area contributed by atoms with Gasteiger partial charge < -0.3 is 10.2 Å². The molecule has 0 radical (unpaired) electrons. The normalized spacial score (nSPS) is 16.8. The van der Waals surface area contributed by atoms with Crippen molar-refractivity contribution in [3.05, 3.63) is 82.5 Å². The number of anilines is 1. The number of benzene rings is 2. The molecule has 1 aliphatic rings. The largest absolute Gasteiger partial charge is 0.381 e. The minimum absolute atomic E-state index is 0.0751. The Labute approximate surface area is 161 Å². The monoisotopic (exact) mass is 380 g/mol. The molecule has 6 nitrogen and oxygen atoms in total. The Morgan fingerprint density at radius 3 is 2.61 bits per heavy atom. The average molecular weight is 380 g/mol. The van der Waals surface area contributed by atoms with Gasteiger partial charge in [-0.15, -0.1) is 0 Å². The number of carbonyl (C=O) groups excluding carboxylic acids is 1. The van der Waals surface area contributed by atoms with Crippen LogP contribution in [0.1, 0.15) is 23.3 Å². The second-order valence-electron chi connectivity index (χ2n) is 6.92. The van der Waals surface area contributed by atoms with Crippen LogP contribution in [0.25, 0.3) is 5.69 Å². The fourth-order valence-electron chi connectivity index (χ4n) is 3.51. The molecule has 2 heterocycles. The molecule has 2 N–H and O–H groups in total. The van der Waals surface area contributed by atoms with Crippen molar-refractivity contribution < 1.29 is 9.18 Å². The van der Waals surface area contributed by atoms with Gasteiger partial charge in [0.15, 0.2) is 0 Å². The first-order valence-corrected chi connectivity index (χ1v) is 9.29. The molecule has 7 heteroatoms. The lowest BCUT2D eigenvalue weighted by atomic mass is 10.0. The molecule has 1 saturated heterocycles. The van der Waals surface area contributed by atoms with Crippen LogP contribution in [0.3, 0.4) is 0 Å². The van der Waals surface area contributed by atoms with E-state index in [0.29, 0.717) is 18.8 Å². The molecule has 3 aromatic rings. The molecule has 1 fully saturated rings. The van der Waals surface area contributed by atoms with Crippen molar-refractivity contribution in [2.24, 2.45) is 0 Å². The Morgan fingerprint density at radius 2 is 1.86 bits per heavy atom. The van der Waals surface area contributed by atoms with Gasteiger partial charge in [-0.05, 0) is 49.2 Å². The molecule has 28 heavy (non-hydrogen) atoms. The van der Waals surface area contributed by atoms with Gasteiger partial charge in [0.05, 0.1) is 5.69 Å². The van der Waals surface area contributed by atoms with E-state index in [1.165, 1.54) is 22.9 Å². The number of amides is 1. The number of hydrogen-bond donors (Lipinski definition) is 2. The van der Waals surface area contributed by atoms with Crippen molar-refractivity contribution in [1.82, 2.24) is 14.7 Å². The zero-order valence-corrected chi connectivity index (χ0v) is 15.3. The second-order valence-corrected chi connectivity index (χ2v) is 6.92. The molecule has 1 aromatic heterocycles. The molecule has 144 valence electrons. The summed E-state index contributed by atoms with van der Waals surface area (Å²) in [5.41, 5.74) is 1.51. The van der Waals surface area contributed by atoms with Gasteiger partial charge in [-0.3, -0.25) is 14.7 Å². The van der Waals surface area contributed by atoms with Crippen LogP contribution in [-0.2, 0) is 0 Å². The Kier molecular flexibility index (Phi) is 4.97. The van der Waals surface area contributed by atoms with Crippen molar-refractivity contribution in [2.75, 3.05) is 18.4 Å². The Bertz CT molecular complexity index is 1010. The highest BCUT2D eigenvalue weighted by Gasteiger charge is 2.26. The third-order valence-electron chi connectivity index (χ3n) is 4.89. The minimum Gasteiger partial charge on any atom is -0.381 e. The lowest BCUT2D eigenvalue weighted by Gasteiger charge is -2.33. The summed E-state index contributed by atoms with van der Waals surface area (Å²) in [6.45, 7) is 1.16. The van der Waals surface area contributed by atoms with Crippen molar-refractivity contribution in [3.8, 4) is 5.69 Å². The zero-order chi connectivity index (χ0) is 19.5. The van der Waals surface area contributed by atoms with E-state index < -0.39 is 0 Å². The van der Waals surface area contributed by atoms with Gasteiger partial charge in [0.25, 0.3) is 11.5 Å². The summed E-state index contributed by atoms with van der Waals surface area (Å²) in [5.74, 6) is -0.477. The molecule has 0 unspecified atom stereocenters. The number of H-pyrrole nitrogens is 1. The number of hydrogen-bond acceptors (Lipinski definition) is 3. The van der Waals surface area contributed by atoms with E-state index in [1.807, 2.05) is 18.2 Å². The summed E-state index contributed by atoms with van der Waals surface area (Å²) in [7, 11) is 0. The van der Waals surface area contributed by atoms with Gasteiger partial charge in [0.1, 0.15) is 11.5 Å². The lowest BCUT2D eigenvalue weighted by molar-refractivity contribution is 0.0708. The molecule has 1 amide bonds. The van der Waals surface area contributed by atoms with Crippen LogP contribution < -0.4 is 10.9 Å². The summed E-state index contributed by atoms with van der Waals surface area (Å²) in [6, 6.07) is 16.7. The highest BCUT2D eigenvalue weighted by molar-refractivity contribution is 5.92. The van der Waals surface area contributed by atoms with E-state index >= 15 is 0 Å². The van der Waals surface area contributed by atoms with E-state index in [2.05, 4.69) is 10.4 Å². The maximum atomic E-state index is 13.1. The number of piperidine rings is 1. The number of carbonyl (C=O) groups is 1. The Balaban J connectivity index is 1.47. The van der Waals surface area contributed by atoms with Crippen LogP contribution in [-0.4, -0.2) is 39.7 Å². The van der Waals surface area contributed by atoms with Gasteiger partial charge >= 0.3 is 0 Å². The number of aromatic nitrogens is 2. The van der Waals surface area contributed by atoms with Gasteiger partial charge in [-0.1, -0.05) is 18.2 Å². The predicted molar refractivity (Wildman–Crippen MR) is 105 cm³/mol. The van der Waals surface area contributed by atoms with E-state index in [4.69, 9.17) is 0 Å². The summed E-state index contributed by atoms with van der Waals surface area (Å²) in [5, 5.41) is 6.27. The summed E-state index contributed by atoms with van der Waals surface area (Å²) in [6.07, 6.45) is 1.77. The molecule has 0 bridgehead atoms. The lowest BCUT2D eigenvalue weighted by Crippen LogP contribution is -2.45. The van der Waals surface area contributed by atoms with Crippen LogP contribution in [0.2, 0.25) is 0 Å². The number of para-hydroxylation sites is 1. The van der Waals surface area contributed by atoms with Crippen LogP contribution in [0.5, 0.6) is 0 Å². The fourth-order valence-corrected chi connectivity index (χ4v) is 3.51. The third kappa shape index (κ3) is 3.83. The average Bonchev–Trinajstić information content (AvgIpc) is 3.12. The van der Waals surface area contributed by atoms with Crippen molar-refractivity contribution in [1.29, 1.82) is 0 Å². The van der Waals surface area contributed by atoms with Crippen LogP contribution in [0.4, 0.5) is 10.1 Å². The molecule has 1 atom stereocenters. The summed E-state index contributed by atoms with van der Waals surface area (Å²) in [4.78, 5) is 26.9. The number of nitrogens with one attached hydrogen (secondary N) is 2. The first-order valence-electron chi connectivity index (χ1n) is 9.29. The molecule has 0 spiro atoms. The molecule has 0 saturated carbocycles. The standard InChI is InChI=1S/C21H21FN4O2/c22-15-8-10-16(11-9-15)23-17-5-4-12-25(14-17)21(28)19-13-20(27)26(24-19)18-6-2-1-3-7-18/h1-3,6-11,13,17,23-24H,4-5,12,14H2/t17-/m0/s1. The topological polar surface area (TPSA) is 70.1 Å². The van der Waals surface area contributed by atoms with Crippen LogP contribution >= 0.6 is 0 Å². The van der Waals surface area contributed by atoms with Crippen LogP contribution in [0.15, 0.2) is 65.5 Å². The van der Waals surface area contributed by atoms with Crippen LogP contribution in [0, 0.1) is 5.82 Å².